The Morgan fingerprint density at radius 1 is 1.27 bits per heavy atom. The van der Waals surface area contributed by atoms with Crippen molar-refractivity contribution in [2.24, 2.45) is 0 Å². The molecule has 0 bridgehead atoms. The molecule has 0 N–H and O–H groups in total. The van der Waals surface area contributed by atoms with Gasteiger partial charge >= 0.3 is 6.18 Å². The van der Waals surface area contributed by atoms with Gasteiger partial charge in [0.25, 0.3) is 5.24 Å². The molecule has 0 saturated carbocycles. The number of aromatic nitrogens is 3. The van der Waals surface area contributed by atoms with Crippen molar-refractivity contribution < 1.29 is 18.0 Å². The van der Waals surface area contributed by atoms with E-state index < -0.39 is 18.0 Å². The molecular formula is C13H6Cl2F3N3O. The molecule has 0 amide bonds. The van der Waals surface area contributed by atoms with Crippen LogP contribution in [0.1, 0.15) is 10.4 Å². The summed E-state index contributed by atoms with van der Waals surface area (Å²) in [6.07, 6.45) is -3.30. The van der Waals surface area contributed by atoms with E-state index in [0.717, 1.165) is 10.9 Å². The van der Waals surface area contributed by atoms with Gasteiger partial charge in [-0.2, -0.15) is 13.2 Å². The molecule has 22 heavy (non-hydrogen) atoms. The topological polar surface area (TPSA) is 47.8 Å². The highest BCUT2D eigenvalue weighted by Crippen LogP contribution is 2.34. The summed E-state index contributed by atoms with van der Waals surface area (Å²) in [5.41, 5.74) is 0.709. The maximum Gasteiger partial charge on any atom is 0.406 e. The molecule has 2 aromatic heterocycles. The zero-order chi connectivity index (χ0) is 16.1. The molecule has 0 unspecified atom stereocenters. The van der Waals surface area contributed by atoms with Crippen molar-refractivity contribution in [2.45, 2.75) is 12.7 Å². The maximum absolute atomic E-state index is 12.8. The summed E-state index contributed by atoms with van der Waals surface area (Å²) in [6, 6.07) is 4.13. The third-order valence-corrected chi connectivity index (χ3v) is 3.65. The average Bonchev–Trinajstić information content (AvgIpc) is 2.72. The second-order valence-electron chi connectivity index (χ2n) is 4.57. The van der Waals surface area contributed by atoms with E-state index in [1.807, 2.05) is 0 Å². The first-order chi connectivity index (χ1) is 10.3. The first kappa shape index (κ1) is 15.1. The Morgan fingerprint density at radius 3 is 2.64 bits per heavy atom. The van der Waals surface area contributed by atoms with E-state index in [1.54, 1.807) is 0 Å². The minimum atomic E-state index is -4.45. The van der Waals surface area contributed by atoms with Crippen LogP contribution in [0.5, 0.6) is 0 Å². The average molecular weight is 348 g/mol. The lowest BCUT2D eigenvalue weighted by Gasteiger charge is -2.10. The summed E-state index contributed by atoms with van der Waals surface area (Å²) in [5.74, 6) is 0. The number of hydrogen-bond acceptors (Lipinski definition) is 3. The second-order valence-corrected chi connectivity index (χ2v) is 5.27. The third kappa shape index (κ3) is 2.50. The first-order valence-corrected chi connectivity index (χ1v) is 6.72. The number of benzene rings is 1. The van der Waals surface area contributed by atoms with Crippen LogP contribution in [0.15, 0.2) is 24.5 Å². The normalized spacial score (nSPS) is 12.2. The van der Waals surface area contributed by atoms with Gasteiger partial charge in [-0.3, -0.25) is 4.79 Å². The van der Waals surface area contributed by atoms with Crippen molar-refractivity contribution in [2.75, 3.05) is 0 Å². The molecule has 0 atom stereocenters. The van der Waals surface area contributed by atoms with Gasteiger partial charge in [0.2, 0.25) is 0 Å². The number of nitrogens with zero attached hydrogens (tertiary/aromatic N) is 3. The number of fused-ring (bicyclic) bond motifs is 3. The largest absolute Gasteiger partial charge is 0.406 e. The highest BCUT2D eigenvalue weighted by atomic mass is 35.5. The molecule has 3 aromatic rings. The quantitative estimate of drug-likeness (QED) is 0.516. The summed E-state index contributed by atoms with van der Waals surface area (Å²) in [6.45, 7) is -1.24. The highest BCUT2D eigenvalue weighted by Gasteiger charge is 2.30. The Bertz CT molecular complexity index is 905. The first-order valence-electron chi connectivity index (χ1n) is 5.97. The molecule has 4 nitrogen and oxygen atoms in total. The highest BCUT2D eigenvalue weighted by molar-refractivity contribution is 6.67. The number of rotatable bonds is 2. The SMILES string of the molecule is O=C(Cl)c1ccc2c(c1)c1ncnc(Cl)c1n2CC(F)(F)F. The van der Waals surface area contributed by atoms with E-state index in [0.29, 0.717) is 5.39 Å². The summed E-state index contributed by atoms with van der Waals surface area (Å²) >= 11 is 11.3. The van der Waals surface area contributed by atoms with Crippen molar-refractivity contribution >= 4 is 50.4 Å². The fourth-order valence-electron chi connectivity index (χ4n) is 2.34. The van der Waals surface area contributed by atoms with Crippen LogP contribution >= 0.6 is 23.2 Å². The Labute approximate surface area is 131 Å². The predicted octanol–water partition coefficient (Wildman–Crippen LogP) is 4.18. The van der Waals surface area contributed by atoms with Crippen LogP contribution in [0.2, 0.25) is 5.15 Å². The third-order valence-electron chi connectivity index (χ3n) is 3.15. The van der Waals surface area contributed by atoms with E-state index in [1.165, 1.54) is 18.2 Å². The summed E-state index contributed by atoms with van der Waals surface area (Å²) in [7, 11) is 0. The fourth-order valence-corrected chi connectivity index (χ4v) is 2.69. The van der Waals surface area contributed by atoms with Crippen LogP contribution in [-0.4, -0.2) is 26.0 Å². The Hall–Kier alpha value is -1.86. The molecule has 0 saturated heterocycles. The monoisotopic (exact) mass is 347 g/mol. The molecule has 0 aliphatic rings. The molecule has 0 spiro atoms. The lowest BCUT2D eigenvalue weighted by Crippen LogP contribution is -2.17. The van der Waals surface area contributed by atoms with Crippen LogP contribution in [0.25, 0.3) is 21.9 Å². The standard InChI is InChI=1S/C13H6Cl2F3N3O/c14-11-10-9(19-5-20-11)7-3-6(12(15)22)1-2-8(7)21(10)4-13(16,17)18/h1-3,5H,4H2. The van der Waals surface area contributed by atoms with Gasteiger partial charge in [-0.25, -0.2) is 9.97 Å². The lowest BCUT2D eigenvalue weighted by atomic mass is 10.1. The minimum Gasteiger partial charge on any atom is -0.327 e. The van der Waals surface area contributed by atoms with E-state index in [9.17, 15) is 18.0 Å². The van der Waals surface area contributed by atoms with E-state index in [2.05, 4.69) is 9.97 Å². The van der Waals surface area contributed by atoms with Crippen LogP contribution in [0.3, 0.4) is 0 Å². The van der Waals surface area contributed by atoms with Crippen molar-refractivity contribution in [1.29, 1.82) is 0 Å². The molecule has 0 fully saturated rings. The van der Waals surface area contributed by atoms with Crippen molar-refractivity contribution in [1.82, 2.24) is 14.5 Å². The fraction of sp³-hybridized carbons (Fsp3) is 0.154. The van der Waals surface area contributed by atoms with Gasteiger partial charge in [-0.1, -0.05) is 11.6 Å². The number of alkyl halides is 3. The van der Waals surface area contributed by atoms with Gasteiger partial charge in [0.05, 0.1) is 5.52 Å². The van der Waals surface area contributed by atoms with Gasteiger partial charge in [-0.05, 0) is 29.8 Å². The van der Waals surface area contributed by atoms with Gasteiger partial charge in [0.1, 0.15) is 23.9 Å². The van der Waals surface area contributed by atoms with Gasteiger partial charge < -0.3 is 4.57 Å². The molecule has 0 aliphatic carbocycles. The predicted molar refractivity (Wildman–Crippen MR) is 76.3 cm³/mol. The second kappa shape index (κ2) is 5.10. The van der Waals surface area contributed by atoms with E-state index in [-0.39, 0.29) is 27.3 Å². The van der Waals surface area contributed by atoms with Crippen LogP contribution in [0, 0.1) is 0 Å². The van der Waals surface area contributed by atoms with Gasteiger partial charge in [0.15, 0.2) is 5.15 Å². The molecule has 9 heteroatoms. The summed E-state index contributed by atoms with van der Waals surface area (Å²) in [5, 5.41) is -0.446. The van der Waals surface area contributed by atoms with E-state index in [4.69, 9.17) is 23.2 Å². The summed E-state index contributed by atoms with van der Waals surface area (Å²) in [4.78, 5) is 19.0. The molecule has 3 rings (SSSR count). The molecule has 1 aromatic carbocycles. The van der Waals surface area contributed by atoms with Crippen LogP contribution in [0.4, 0.5) is 13.2 Å². The van der Waals surface area contributed by atoms with Crippen molar-refractivity contribution in [3.63, 3.8) is 0 Å². The van der Waals surface area contributed by atoms with Crippen molar-refractivity contribution in [3.8, 4) is 0 Å². The molecule has 0 aliphatic heterocycles. The minimum absolute atomic E-state index is 0.0654. The van der Waals surface area contributed by atoms with Gasteiger partial charge in [0, 0.05) is 10.9 Å². The van der Waals surface area contributed by atoms with Crippen molar-refractivity contribution in [3.05, 3.63) is 35.2 Å². The maximum atomic E-state index is 12.8. The molecule has 114 valence electrons. The van der Waals surface area contributed by atoms with Crippen LogP contribution < -0.4 is 0 Å². The number of carbonyl (C=O) groups excluding carboxylic acids is 1. The molecule has 0 radical (unpaired) electrons. The van der Waals surface area contributed by atoms with Crippen LogP contribution in [-0.2, 0) is 6.54 Å². The smallest absolute Gasteiger partial charge is 0.327 e. The number of carbonyl (C=O) groups is 1. The summed E-state index contributed by atoms with van der Waals surface area (Å²) < 4.78 is 39.5. The number of halogens is 5. The van der Waals surface area contributed by atoms with Gasteiger partial charge in [-0.15, -0.1) is 0 Å². The number of hydrogen-bond donors (Lipinski definition) is 0. The van der Waals surface area contributed by atoms with E-state index >= 15 is 0 Å². The zero-order valence-corrected chi connectivity index (χ0v) is 12.2. The Morgan fingerprint density at radius 2 is 2.00 bits per heavy atom. The molecule has 2 heterocycles. The Kier molecular flexibility index (Phi) is 3.49. The zero-order valence-electron chi connectivity index (χ0n) is 10.7. The molecular weight excluding hydrogens is 342 g/mol. The Balaban J connectivity index is 2.42. The lowest BCUT2D eigenvalue weighted by molar-refractivity contribution is -0.139.